The van der Waals surface area contributed by atoms with Crippen molar-refractivity contribution < 1.29 is 14.4 Å². The van der Waals surface area contributed by atoms with Crippen LogP contribution in [-0.2, 0) is 11.2 Å². The molecule has 1 amide bonds. The number of hydrogen-bond donors (Lipinski definition) is 2. The topological polar surface area (TPSA) is 75.4 Å². The van der Waals surface area contributed by atoms with Gasteiger partial charge in [-0.25, -0.2) is 0 Å². The van der Waals surface area contributed by atoms with Crippen LogP contribution in [0.4, 0.5) is 0 Å². The maximum absolute atomic E-state index is 12.0. The van der Waals surface area contributed by atoms with Gasteiger partial charge in [-0.3, -0.25) is 4.79 Å². The number of aliphatic hydroxyl groups is 1. The third kappa shape index (κ3) is 5.33. The quantitative estimate of drug-likeness (QED) is 0.764. The SMILES string of the molecule is Cc1noc(C)c1CC(=O)NCC(CCO)CC(C)C. The molecular formula is C15H26N2O3. The van der Waals surface area contributed by atoms with Crippen LogP contribution >= 0.6 is 0 Å². The lowest BCUT2D eigenvalue weighted by Crippen LogP contribution is -2.31. The van der Waals surface area contributed by atoms with Gasteiger partial charge < -0.3 is 14.9 Å². The van der Waals surface area contributed by atoms with Crippen LogP contribution in [0.25, 0.3) is 0 Å². The molecule has 1 atom stereocenters. The molecular weight excluding hydrogens is 256 g/mol. The lowest BCUT2D eigenvalue weighted by Gasteiger charge is -2.18. The van der Waals surface area contributed by atoms with Crippen LogP contribution in [0.1, 0.15) is 43.7 Å². The highest BCUT2D eigenvalue weighted by Crippen LogP contribution is 2.15. The van der Waals surface area contributed by atoms with Crippen LogP contribution < -0.4 is 5.32 Å². The third-order valence-electron chi connectivity index (χ3n) is 3.45. The largest absolute Gasteiger partial charge is 0.396 e. The molecule has 1 aromatic heterocycles. The average molecular weight is 282 g/mol. The molecule has 0 aliphatic heterocycles. The van der Waals surface area contributed by atoms with Crippen molar-refractivity contribution >= 4 is 5.91 Å². The number of rotatable bonds is 8. The van der Waals surface area contributed by atoms with Crippen LogP contribution in [-0.4, -0.2) is 29.3 Å². The zero-order chi connectivity index (χ0) is 15.1. The summed E-state index contributed by atoms with van der Waals surface area (Å²) in [6.07, 6.45) is 2.03. The van der Waals surface area contributed by atoms with E-state index in [9.17, 15) is 4.79 Å². The first-order chi connectivity index (χ1) is 9.43. The van der Waals surface area contributed by atoms with Gasteiger partial charge in [-0.05, 0) is 38.5 Å². The molecule has 5 nitrogen and oxygen atoms in total. The molecule has 1 heterocycles. The van der Waals surface area contributed by atoms with Crippen LogP contribution in [0.2, 0.25) is 0 Å². The standard InChI is InChI=1S/C15H26N2O3/c1-10(2)7-13(5-6-18)9-16-15(19)8-14-11(3)17-20-12(14)4/h10,13,18H,5-9H2,1-4H3,(H,16,19). The molecule has 0 bridgehead atoms. The summed E-state index contributed by atoms with van der Waals surface area (Å²) in [4.78, 5) is 12.0. The highest BCUT2D eigenvalue weighted by molar-refractivity contribution is 5.78. The first-order valence-corrected chi connectivity index (χ1v) is 7.23. The highest BCUT2D eigenvalue weighted by atomic mass is 16.5. The fraction of sp³-hybridized carbons (Fsp3) is 0.733. The van der Waals surface area contributed by atoms with Crippen molar-refractivity contribution in [3.8, 4) is 0 Å². The van der Waals surface area contributed by atoms with E-state index in [4.69, 9.17) is 9.63 Å². The Hall–Kier alpha value is -1.36. The first-order valence-electron chi connectivity index (χ1n) is 7.23. The van der Waals surface area contributed by atoms with E-state index in [1.165, 1.54) is 0 Å². The second-order valence-electron chi connectivity index (χ2n) is 5.79. The third-order valence-corrected chi connectivity index (χ3v) is 3.45. The molecule has 1 aromatic rings. The number of nitrogens with one attached hydrogen (secondary N) is 1. The second kappa shape index (κ2) is 8.04. The molecule has 0 aliphatic carbocycles. The van der Waals surface area contributed by atoms with Crippen molar-refractivity contribution in [1.82, 2.24) is 10.5 Å². The number of hydrogen-bond acceptors (Lipinski definition) is 4. The molecule has 1 unspecified atom stereocenters. The Bertz CT molecular complexity index is 407. The minimum Gasteiger partial charge on any atom is -0.396 e. The normalized spacial score (nSPS) is 12.7. The van der Waals surface area contributed by atoms with Gasteiger partial charge in [0.1, 0.15) is 5.76 Å². The number of aliphatic hydroxyl groups excluding tert-OH is 1. The maximum atomic E-state index is 12.0. The van der Waals surface area contributed by atoms with Crippen molar-refractivity contribution in [2.45, 2.75) is 47.0 Å². The van der Waals surface area contributed by atoms with E-state index in [0.717, 1.165) is 24.1 Å². The highest BCUT2D eigenvalue weighted by Gasteiger charge is 2.15. The van der Waals surface area contributed by atoms with Crippen LogP contribution in [0, 0.1) is 25.7 Å². The van der Waals surface area contributed by atoms with Gasteiger partial charge in [-0.15, -0.1) is 0 Å². The second-order valence-corrected chi connectivity index (χ2v) is 5.79. The Labute approximate surface area is 120 Å². The lowest BCUT2D eigenvalue weighted by molar-refractivity contribution is -0.120. The van der Waals surface area contributed by atoms with E-state index in [1.54, 1.807) is 0 Å². The minimum atomic E-state index is -0.0221. The van der Waals surface area contributed by atoms with Crippen LogP contribution in [0.3, 0.4) is 0 Å². The van der Waals surface area contributed by atoms with Crippen LogP contribution in [0.15, 0.2) is 4.52 Å². The number of aryl methyl sites for hydroxylation is 2. The van der Waals surface area contributed by atoms with Crippen molar-refractivity contribution in [3.05, 3.63) is 17.0 Å². The fourth-order valence-corrected chi connectivity index (χ4v) is 2.39. The summed E-state index contributed by atoms with van der Waals surface area (Å²) in [5.74, 6) is 1.57. The summed E-state index contributed by atoms with van der Waals surface area (Å²) in [5, 5.41) is 15.9. The molecule has 114 valence electrons. The van der Waals surface area contributed by atoms with Gasteiger partial charge in [-0.2, -0.15) is 0 Å². The predicted octanol–water partition coefficient (Wildman–Crippen LogP) is 1.99. The van der Waals surface area contributed by atoms with Gasteiger partial charge in [-0.1, -0.05) is 19.0 Å². The van der Waals surface area contributed by atoms with Crippen molar-refractivity contribution in [1.29, 1.82) is 0 Å². The smallest absolute Gasteiger partial charge is 0.224 e. The van der Waals surface area contributed by atoms with E-state index >= 15 is 0 Å². The van der Waals surface area contributed by atoms with Gasteiger partial charge in [0.15, 0.2) is 0 Å². The Morgan fingerprint density at radius 2 is 2.10 bits per heavy atom. The first kappa shape index (κ1) is 16.7. The van der Waals surface area contributed by atoms with Crippen molar-refractivity contribution in [2.75, 3.05) is 13.2 Å². The van der Waals surface area contributed by atoms with E-state index in [2.05, 4.69) is 24.3 Å². The predicted molar refractivity (Wildman–Crippen MR) is 77.3 cm³/mol. The maximum Gasteiger partial charge on any atom is 0.224 e. The summed E-state index contributed by atoms with van der Waals surface area (Å²) in [7, 11) is 0. The Morgan fingerprint density at radius 1 is 1.40 bits per heavy atom. The van der Waals surface area contributed by atoms with E-state index in [0.29, 0.717) is 30.6 Å². The Balaban J connectivity index is 2.45. The molecule has 0 saturated heterocycles. The summed E-state index contributed by atoms with van der Waals surface area (Å²) >= 11 is 0. The number of nitrogens with zero attached hydrogens (tertiary/aromatic N) is 1. The van der Waals surface area contributed by atoms with Crippen LogP contribution in [0.5, 0.6) is 0 Å². The molecule has 0 aliphatic rings. The van der Waals surface area contributed by atoms with E-state index in [-0.39, 0.29) is 12.5 Å². The molecule has 0 fully saturated rings. The zero-order valence-corrected chi connectivity index (χ0v) is 12.9. The number of carbonyl (C=O) groups is 1. The van der Waals surface area contributed by atoms with Gasteiger partial charge in [0.2, 0.25) is 5.91 Å². The molecule has 0 saturated carbocycles. The van der Waals surface area contributed by atoms with Gasteiger partial charge in [0, 0.05) is 18.7 Å². The molecule has 20 heavy (non-hydrogen) atoms. The summed E-state index contributed by atoms with van der Waals surface area (Å²) in [5.41, 5.74) is 1.64. The lowest BCUT2D eigenvalue weighted by atomic mass is 9.94. The van der Waals surface area contributed by atoms with E-state index < -0.39 is 0 Å². The monoisotopic (exact) mass is 282 g/mol. The number of carbonyl (C=O) groups excluding carboxylic acids is 1. The fourth-order valence-electron chi connectivity index (χ4n) is 2.39. The molecule has 0 radical (unpaired) electrons. The summed E-state index contributed by atoms with van der Waals surface area (Å²) in [6.45, 7) is 8.73. The van der Waals surface area contributed by atoms with Gasteiger partial charge in [0.25, 0.3) is 0 Å². The molecule has 0 spiro atoms. The minimum absolute atomic E-state index is 0.0221. The summed E-state index contributed by atoms with van der Waals surface area (Å²) < 4.78 is 5.05. The Morgan fingerprint density at radius 3 is 2.60 bits per heavy atom. The van der Waals surface area contributed by atoms with Crippen molar-refractivity contribution in [3.63, 3.8) is 0 Å². The van der Waals surface area contributed by atoms with Gasteiger partial charge in [0.05, 0.1) is 12.1 Å². The molecule has 2 N–H and O–H groups in total. The average Bonchev–Trinajstić information content (AvgIpc) is 2.67. The van der Waals surface area contributed by atoms with E-state index in [1.807, 2.05) is 13.8 Å². The van der Waals surface area contributed by atoms with Crippen molar-refractivity contribution in [2.24, 2.45) is 11.8 Å². The number of amides is 1. The number of aromatic nitrogens is 1. The molecule has 0 aromatic carbocycles. The Kier molecular flexibility index (Phi) is 6.71. The summed E-state index contributed by atoms with van der Waals surface area (Å²) in [6, 6.07) is 0. The molecule has 5 heteroatoms. The van der Waals surface area contributed by atoms with Gasteiger partial charge >= 0.3 is 0 Å². The molecule has 1 rings (SSSR count). The zero-order valence-electron chi connectivity index (χ0n) is 12.9.